The Bertz CT molecular complexity index is 210. The van der Waals surface area contributed by atoms with E-state index in [4.69, 9.17) is 0 Å². The lowest BCUT2D eigenvalue weighted by atomic mass is 10.0. The summed E-state index contributed by atoms with van der Waals surface area (Å²) in [5.41, 5.74) is 1.57. The van der Waals surface area contributed by atoms with E-state index < -0.39 is 0 Å². The molecule has 0 aromatic heterocycles. The largest absolute Gasteiger partial charge is 0.0805 e. The lowest BCUT2D eigenvalue weighted by Crippen LogP contribution is -1.82. The van der Waals surface area contributed by atoms with E-state index >= 15 is 0 Å². The Kier molecular flexibility index (Phi) is 8.20. The first-order chi connectivity index (χ1) is 7.93. The number of hydrogen-bond acceptors (Lipinski definition) is 0. The van der Waals surface area contributed by atoms with Gasteiger partial charge in [-0.1, -0.05) is 82.1 Å². The molecule has 0 saturated carbocycles. The maximum absolute atomic E-state index is 2.37. The fourth-order valence-corrected chi connectivity index (χ4v) is 2.33. The Labute approximate surface area is 102 Å². The molecule has 0 atom stereocenters. The van der Waals surface area contributed by atoms with E-state index in [0.717, 1.165) is 0 Å². The smallest absolute Gasteiger partial charge is 0.0160 e. The van der Waals surface area contributed by atoms with Gasteiger partial charge in [-0.05, 0) is 19.3 Å². The molecule has 0 aliphatic heterocycles. The molecule has 16 heavy (non-hydrogen) atoms. The second-order valence-electron chi connectivity index (χ2n) is 5.00. The molecule has 1 rings (SSSR count). The number of rotatable bonds is 10. The average Bonchev–Trinajstić information content (AvgIpc) is 2.80. The topological polar surface area (TPSA) is 0 Å². The summed E-state index contributed by atoms with van der Waals surface area (Å²) in [4.78, 5) is 0. The number of hydrogen-bond donors (Lipinski definition) is 0. The van der Waals surface area contributed by atoms with Crippen molar-refractivity contribution in [2.45, 2.75) is 77.6 Å². The second kappa shape index (κ2) is 9.69. The molecule has 1 aliphatic rings. The normalized spacial score (nSPS) is 14.4. The van der Waals surface area contributed by atoms with Crippen molar-refractivity contribution in [1.29, 1.82) is 0 Å². The predicted molar refractivity (Wildman–Crippen MR) is 73.7 cm³/mol. The highest BCUT2D eigenvalue weighted by Gasteiger charge is 1.97. The second-order valence-corrected chi connectivity index (χ2v) is 5.00. The summed E-state index contributed by atoms with van der Waals surface area (Å²) in [6.45, 7) is 2.28. The van der Waals surface area contributed by atoms with Crippen molar-refractivity contribution in [3.05, 3.63) is 23.8 Å². The van der Waals surface area contributed by atoms with Gasteiger partial charge in [-0.2, -0.15) is 0 Å². The molecule has 0 aromatic carbocycles. The predicted octanol–water partition coefficient (Wildman–Crippen LogP) is 5.79. The molecular weight excluding hydrogens is 192 g/mol. The van der Waals surface area contributed by atoms with E-state index in [9.17, 15) is 0 Å². The summed E-state index contributed by atoms with van der Waals surface area (Å²) in [5.74, 6) is 0. The summed E-state index contributed by atoms with van der Waals surface area (Å²) in [7, 11) is 0. The molecule has 0 unspecified atom stereocenters. The van der Waals surface area contributed by atoms with Gasteiger partial charge in [0.05, 0.1) is 0 Å². The monoisotopic (exact) mass is 220 g/mol. The molecule has 0 heterocycles. The van der Waals surface area contributed by atoms with Crippen LogP contribution >= 0.6 is 0 Å². The van der Waals surface area contributed by atoms with E-state index in [1.54, 1.807) is 5.57 Å². The van der Waals surface area contributed by atoms with Crippen molar-refractivity contribution < 1.29 is 0 Å². The zero-order valence-electron chi connectivity index (χ0n) is 11.0. The quantitative estimate of drug-likeness (QED) is 0.408. The van der Waals surface area contributed by atoms with Crippen molar-refractivity contribution in [3.63, 3.8) is 0 Å². The molecule has 0 spiro atoms. The van der Waals surface area contributed by atoms with Gasteiger partial charge in [0, 0.05) is 0 Å². The van der Waals surface area contributed by atoms with Gasteiger partial charge >= 0.3 is 0 Å². The standard InChI is InChI=1S/C16H28/c1-2-3-4-5-6-7-8-9-10-13-16-14-11-12-15-16/h11,14-15H,2-10,12-13H2,1H3. The molecular formula is C16H28. The van der Waals surface area contributed by atoms with Crippen molar-refractivity contribution in [2.24, 2.45) is 0 Å². The van der Waals surface area contributed by atoms with E-state index in [0.29, 0.717) is 0 Å². The first-order valence-electron chi connectivity index (χ1n) is 7.29. The van der Waals surface area contributed by atoms with Crippen molar-refractivity contribution in [1.82, 2.24) is 0 Å². The van der Waals surface area contributed by atoms with Crippen LogP contribution in [0.1, 0.15) is 77.6 Å². The molecule has 0 nitrogen and oxygen atoms in total. The maximum Gasteiger partial charge on any atom is -0.0160 e. The van der Waals surface area contributed by atoms with Crippen LogP contribution in [0.3, 0.4) is 0 Å². The van der Waals surface area contributed by atoms with Gasteiger partial charge in [0.1, 0.15) is 0 Å². The summed E-state index contributed by atoms with van der Waals surface area (Å²) in [5, 5.41) is 0. The van der Waals surface area contributed by atoms with E-state index in [1.165, 1.54) is 70.6 Å². The average molecular weight is 220 g/mol. The van der Waals surface area contributed by atoms with Crippen LogP contribution in [0, 0.1) is 0 Å². The highest BCUT2D eigenvalue weighted by Crippen LogP contribution is 2.17. The fourth-order valence-electron chi connectivity index (χ4n) is 2.33. The minimum Gasteiger partial charge on any atom is -0.0805 e. The van der Waals surface area contributed by atoms with Gasteiger partial charge in [-0.3, -0.25) is 0 Å². The minimum atomic E-state index is 1.17. The SMILES string of the molecule is CCCCCCCCCCCC1=CCC=C1. The summed E-state index contributed by atoms with van der Waals surface area (Å²) >= 11 is 0. The first-order valence-corrected chi connectivity index (χ1v) is 7.29. The third-order valence-corrected chi connectivity index (χ3v) is 3.42. The Morgan fingerprint density at radius 1 is 0.875 bits per heavy atom. The van der Waals surface area contributed by atoms with Gasteiger partial charge in [-0.25, -0.2) is 0 Å². The van der Waals surface area contributed by atoms with Crippen molar-refractivity contribution in [3.8, 4) is 0 Å². The lowest BCUT2D eigenvalue weighted by Gasteiger charge is -2.02. The molecule has 0 amide bonds. The molecule has 0 aromatic rings. The molecule has 0 N–H and O–H groups in total. The van der Waals surface area contributed by atoms with Gasteiger partial charge in [0.2, 0.25) is 0 Å². The van der Waals surface area contributed by atoms with Crippen molar-refractivity contribution in [2.75, 3.05) is 0 Å². The summed E-state index contributed by atoms with van der Waals surface area (Å²) in [6, 6.07) is 0. The van der Waals surface area contributed by atoms with E-state index in [-0.39, 0.29) is 0 Å². The summed E-state index contributed by atoms with van der Waals surface area (Å²) in [6.07, 6.45) is 22.3. The number of unbranched alkanes of at least 4 members (excludes halogenated alkanes) is 8. The van der Waals surface area contributed by atoms with E-state index in [1.807, 2.05) is 0 Å². The fraction of sp³-hybridized carbons (Fsp3) is 0.750. The van der Waals surface area contributed by atoms with Crippen LogP contribution in [-0.2, 0) is 0 Å². The third kappa shape index (κ3) is 6.87. The van der Waals surface area contributed by atoms with Gasteiger partial charge in [-0.15, -0.1) is 0 Å². The van der Waals surface area contributed by atoms with Crippen LogP contribution < -0.4 is 0 Å². The number of allylic oxidation sites excluding steroid dienone is 4. The molecule has 0 saturated heterocycles. The Morgan fingerprint density at radius 3 is 2.06 bits per heavy atom. The first kappa shape index (κ1) is 13.5. The molecule has 0 heteroatoms. The molecule has 0 bridgehead atoms. The lowest BCUT2D eigenvalue weighted by molar-refractivity contribution is 0.565. The van der Waals surface area contributed by atoms with Crippen LogP contribution in [0.4, 0.5) is 0 Å². The van der Waals surface area contributed by atoms with Gasteiger partial charge < -0.3 is 0 Å². The van der Waals surface area contributed by atoms with Crippen LogP contribution in [0.5, 0.6) is 0 Å². The maximum atomic E-state index is 2.37. The van der Waals surface area contributed by atoms with Crippen LogP contribution in [0.2, 0.25) is 0 Å². The van der Waals surface area contributed by atoms with Crippen LogP contribution in [-0.4, -0.2) is 0 Å². The van der Waals surface area contributed by atoms with Crippen LogP contribution in [0.25, 0.3) is 0 Å². The molecule has 1 aliphatic carbocycles. The van der Waals surface area contributed by atoms with Crippen LogP contribution in [0.15, 0.2) is 23.8 Å². The highest BCUT2D eigenvalue weighted by molar-refractivity contribution is 5.25. The van der Waals surface area contributed by atoms with Gasteiger partial charge in [0.25, 0.3) is 0 Å². The molecule has 0 fully saturated rings. The Hall–Kier alpha value is -0.520. The van der Waals surface area contributed by atoms with Gasteiger partial charge in [0.15, 0.2) is 0 Å². The molecule has 92 valence electrons. The zero-order valence-corrected chi connectivity index (χ0v) is 11.0. The highest BCUT2D eigenvalue weighted by atomic mass is 14.0. The van der Waals surface area contributed by atoms with E-state index in [2.05, 4.69) is 25.2 Å². The minimum absolute atomic E-state index is 1.17. The Balaban J connectivity index is 1.76. The van der Waals surface area contributed by atoms with Crippen molar-refractivity contribution >= 4 is 0 Å². The molecule has 0 radical (unpaired) electrons. The Morgan fingerprint density at radius 2 is 1.50 bits per heavy atom. The zero-order chi connectivity index (χ0) is 11.5. The third-order valence-electron chi connectivity index (χ3n) is 3.42. The summed E-state index contributed by atoms with van der Waals surface area (Å²) < 4.78 is 0.